The van der Waals surface area contributed by atoms with Crippen LogP contribution >= 0.6 is 0 Å². The summed E-state index contributed by atoms with van der Waals surface area (Å²) in [6, 6.07) is 3.43. The summed E-state index contributed by atoms with van der Waals surface area (Å²) < 4.78 is 18.3. The second-order valence-electron chi connectivity index (χ2n) is 6.44. The highest BCUT2D eigenvalue weighted by Gasteiger charge is 2.28. The highest BCUT2D eigenvalue weighted by atomic mass is 19.1. The van der Waals surface area contributed by atoms with Gasteiger partial charge in [-0.25, -0.2) is 4.39 Å². The summed E-state index contributed by atoms with van der Waals surface area (Å²) in [5, 5.41) is 4.93. The van der Waals surface area contributed by atoms with E-state index in [1.165, 1.54) is 25.1 Å². The van der Waals surface area contributed by atoms with E-state index in [-0.39, 0.29) is 19.4 Å². The van der Waals surface area contributed by atoms with Gasteiger partial charge in [-0.1, -0.05) is 19.1 Å². The van der Waals surface area contributed by atoms with Gasteiger partial charge < -0.3 is 21.1 Å². The molecule has 0 aromatic heterocycles. The summed E-state index contributed by atoms with van der Waals surface area (Å²) in [5.41, 5.74) is 5.83. The van der Waals surface area contributed by atoms with Crippen LogP contribution in [0.15, 0.2) is 24.3 Å². The maximum atomic E-state index is 13.4. The lowest BCUT2D eigenvalue weighted by Crippen LogP contribution is -2.54. The molecule has 0 saturated heterocycles. The Bertz CT molecular complexity index is 725. The minimum Gasteiger partial charge on any atom is -0.466 e. The van der Waals surface area contributed by atoms with Crippen molar-refractivity contribution in [1.82, 2.24) is 10.6 Å². The first-order valence-corrected chi connectivity index (χ1v) is 8.91. The molecule has 4 N–H and O–H groups in total. The van der Waals surface area contributed by atoms with Crippen molar-refractivity contribution in [3.8, 4) is 0 Å². The first-order chi connectivity index (χ1) is 13.1. The van der Waals surface area contributed by atoms with Gasteiger partial charge in [0.1, 0.15) is 17.9 Å². The molecule has 0 fully saturated rings. The number of rotatable bonds is 10. The van der Waals surface area contributed by atoms with Crippen LogP contribution in [0.2, 0.25) is 0 Å². The third-order valence-corrected chi connectivity index (χ3v) is 3.96. The zero-order chi connectivity index (χ0) is 21.3. The van der Waals surface area contributed by atoms with E-state index < -0.39 is 47.5 Å². The fraction of sp³-hybridized carbons (Fsp3) is 0.474. The van der Waals surface area contributed by atoms with Crippen molar-refractivity contribution >= 4 is 23.7 Å². The molecule has 0 radical (unpaired) electrons. The van der Waals surface area contributed by atoms with Crippen molar-refractivity contribution in [2.75, 3.05) is 6.61 Å². The van der Waals surface area contributed by atoms with Crippen molar-refractivity contribution in [3.63, 3.8) is 0 Å². The Morgan fingerprint density at radius 1 is 1.18 bits per heavy atom. The second-order valence-corrected chi connectivity index (χ2v) is 6.44. The van der Waals surface area contributed by atoms with Crippen molar-refractivity contribution < 1.29 is 28.3 Å². The molecule has 0 spiro atoms. The number of amides is 3. The number of hydrogen-bond donors (Lipinski definition) is 3. The van der Waals surface area contributed by atoms with Crippen molar-refractivity contribution in [3.05, 3.63) is 35.6 Å². The molecule has 0 aliphatic heterocycles. The van der Waals surface area contributed by atoms with Gasteiger partial charge in [0.05, 0.1) is 12.5 Å². The monoisotopic (exact) mass is 395 g/mol. The third kappa shape index (κ3) is 7.73. The Morgan fingerprint density at radius 3 is 2.39 bits per heavy atom. The largest absolute Gasteiger partial charge is 0.466 e. The predicted octanol–water partition coefficient (Wildman–Crippen LogP) is 0.432. The van der Waals surface area contributed by atoms with Gasteiger partial charge in [-0.2, -0.15) is 0 Å². The fourth-order valence-corrected chi connectivity index (χ4v) is 2.61. The highest BCUT2D eigenvalue weighted by Crippen LogP contribution is 2.11. The molecule has 1 aromatic carbocycles. The lowest BCUT2D eigenvalue weighted by molar-refractivity contribution is -0.148. The molecule has 0 saturated carbocycles. The lowest BCUT2D eigenvalue weighted by atomic mass is 10.00. The molecule has 1 aromatic rings. The van der Waals surface area contributed by atoms with Crippen molar-refractivity contribution in [1.29, 1.82) is 0 Å². The SMILES string of the molecule is CCOC(=O)[C@@H](C)C[C@H](NC(=O)[C@@H](Cc1cccc(F)c1)NC(C)=O)C(N)=O. The van der Waals surface area contributed by atoms with E-state index in [1.807, 2.05) is 0 Å². The Morgan fingerprint density at radius 2 is 1.86 bits per heavy atom. The summed E-state index contributed by atoms with van der Waals surface area (Å²) in [5.74, 6) is -3.61. The van der Waals surface area contributed by atoms with Gasteiger partial charge in [0.2, 0.25) is 17.7 Å². The molecule has 0 heterocycles. The standard InChI is InChI=1S/C19H26FN3O5/c1-4-28-19(27)11(2)8-15(17(21)25)23-18(26)16(22-12(3)24)10-13-6-5-7-14(20)9-13/h5-7,9,11,15-16H,4,8,10H2,1-3H3,(H2,21,25)(H,22,24)(H,23,26)/t11-,15-,16+/m0/s1. The molecule has 0 aliphatic carbocycles. The zero-order valence-corrected chi connectivity index (χ0v) is 16.2. The van der Waals surface area contributed by atoms with E-state index in [0.717, 1.165) is 0 Å². The van der Waals surface area contributed by atoms with Crippen LogP contribution in [0.5, 0.6) is 0 Å². The molecule has 0 bridgehead atoms. The number of nitrogens with two attached hydrogens (primary N) is 1. The number of ether oxygens (including phenoxy) is 1. The van der Waals surface area contributed by atoms with Crippen LogP contribution in [0.4, 0.5) is 4.39 Å². The van der Waals surface area contributed by atoms with Gasteiger partial charge in [0, 0.05) is 13.3 Å². The van der Waals surface area contributed by atoms with Gasteiger partial charge in [-0.3, -0.25) is 19.2 Å². The molecule has 1 rings (SSSR count). The van der Waals surface area contributed by atoms with Crippen molar-refractivity contribution in [2.24, 2.45) is 11.7 Å². The van der Waals surface area contributed by atoms with Crippen LogP contribution in [0.1, 0.15) is 32.8 Å². The topological polar surface area (TPSA) is 128 Å². The molecule has 3 atom stereocenters. The van der Waals surface area contributed by atoms with E-state index in [0.29, 0.717) is 5.56 Å². The average Bonchev–Trinajstić information content (AvgIpc) is 2.60. The molecular formula is C19H26FN3O5. The van der Waals surface area contributed by atoms with Gasteiger partial charge in [-0.05, 0) is 31.0 Å². The van der Waals surface area contributed by atoms with Gasteiger partial charge in [0.25, 0.3) is 0 Å². The number of benzene rings is 1. The molecule has 3 amide bonds. The Kier molecular flexibility index (Phi) is 9.07. The number of carbonyl (C=O) groups excluding carboxylic acids is 4. The maximum absolute atomic E-state index is 13.4. The zero-order valence-electron chi connectivity index (χ0n) is 16.2. The molecule has 0 aliphatic rings. The number of halogens is 1. The molecular weight excluding hydrogens is 369 g/mol. The number of nitrogens with one attached hydrogen (secondary N) is 2. The van der Waals surface area contributed by atoms with Gasteiger partial charge in [0.15, 0.2) is 0 Å². The van der Waals surface area contributed by atoms with Gasteiger partial charge in [-0.15, -0.1) is 0 Å². The Labute approximate surface area is 163 Å². The highest BCUT2D eigenvalue weighted by molar-refractivity contribution is 5.91. The minimum absolute atomic E-state index is 0.0160. The average molecular weight is 395 g/mol. The van der Waals surface area contributed by atoms with E-state index in [2.05, 4.69) is 10.6 Å². The van der Waals surface area contributed by atoms with E-state index >= 15 is 0 Å². The van der Waals surface area contributed by atoms with Gasteiger partial charge >= 0.3 is 5.97 Å². The lowest BCUT2D eigenvalue weighted by Gasteiger charge is -2.23. The second kappa shape index (κ2) is 11.0. The number of primary amides is 1. The number of carbonyl (C=O) groups is 4. The van der Waals surface area contributed by atoms with Crippen LogP contribution in [0.3, 0.4) is 0 Å². The predicted molar refractivity (Wildman–Crippen MR) is 99.2 cm³/mol. The number of esters is 1. The maximum Gasteiger partial charge on any atom is 0.308 e. The number of hydrogen-bond acceptors (Lipinski definition) is 5. The van der Waals surface area contributed by atoms with Crippen LogP contribution in [0.25, 0.3) is 0 Å². The summed E-state index contributed by atoms with van der Waals surface area (Å²) in [7, 11) is 0. The normalized spacial score (nSPS) is 13.7. The van der Waals surface area contributed by atoms with Crippen molar-refractivity contribution in [2.45, 2.75) is 45.7 Å². The summed E-state index contributed by atoms with van der Waals surface area (Å²) in [6.07, 6.45) is -0.0330. The van der Waals surface area contributed by atoms with E-state index in [4.69, 9.17) is 10.5 Å². The molecule has 28 heavy (non-hydrogen) atoms. The summed E-state index contributed by atoms with van der Waals surface area (Å²) in [6.45, 7) is 4.63. The van der Waals surface area contributed by atoms with Crippen LogP contribution in [0, 0.1) is 11.7 Å². The summed E-state index contributed by atoms with van der Waals surface area (Å²) >= 11 is 0. The first-order valence-electron chi connectivity index (χ1n) is 8.91. The van der Waals surface area contributed by atoms with E-state index in [9.17, 15) is 23.6 Å². The third-order valence-electron chi connectivity index (χ3n) is 3.96. The van der Waals surface area contributed by atoms with Crippen LogP contribution in [-0.4, -0.2) is 42.4 Å². The Balaban J connectivity index is 2.88. The van der Waals surface area contributed by atoms with E-state index in [1.54, 1.807) is 19.9 Å². The Hall–Kier alpha value is -2.97. The van der Waals surface area contributed by atoms with Crippen LogP contribution in [-0.2, 0) is 30.3 Å². The smallest absolute Gasteiger partial charge is 0.308 e. The molecule has 0 unspecified atom stereocenters. The molecule has 8 nitrogen and oxygen atoms in total. The fourth-order valence-electron chi connectivity index (χ4n) is 2.61. The quantitative estimate of drug-likeness (QED) is 0.495. The molecule has 9 heteroatoms. The minimum atomic E-state index is -1.13. The molecule has 154 valence electrons. The first kappa shape index (κ1) is 23.1. The van der Waals surface area contributed by atoms with Crippen LogP contribution < -0.4 is 16.4 Å². The summed E-state index contributed by atoms with van der Waals surface area (Å²) in [4.78, 5) is 47.5.